The molecule has 4 aliphatic carbocycles. The largest absolute Gasteiger partial charge is 0.462 e. The van der Waals surface area contributed by atoms with Gasteiger partial charge in [0.2, 0.25) is 0 Å². The molecule has 0 aliphatic heterocycles. The maximum absolute atomic E-state index is 12.1. The number of esters is 1. The van der Waals surface area contributed by atoms with Gasteiger partial charge in [0.05, 0.1) is 0 Å². The molecule has 0 N–H and O–H groups in total. The van der Waals surface area contributed by atoms with E-state index in [2.05, 4.69) is 93.6 Å². The Balaban J connectivity index is 1.23. The van der Waals surface area contributed by atoms with Crippen molar-refractivity contribution in [2.75, 3.05) is 0 Å². The molecule has 4 aliphatic rings. The fraction of sp³-hybridized carbons (Fsp3) is 0.553. The zero-order chi connectivity index (χ0) is 27.9. The molecule has 3 saturated carbocycles. The lowest BCUT2D eigenvalue weighted by Crippen LogP contribution is -2.55. The first-order valence-corrected chi connectivity index (χ1v) is 16.0. The molecule has 2 aromatic carbocycles. The summed E-state index contributed by atoms with van der Waals surface area (Å²) >= 11 is 0. The molecule has 40 heavy (non-hydrogen) atoms. The molecule has 0 bridgehead atoms. The third-order valence-corrected chi connectivity index (χ3v) is 12.0. The average molecular weight is 537 g/mol. The first-order valence-electron chi connectivity index (χ1n) is 16.0. The summed E-state index contributed by atoms with van der Waals surface area (Å²) in [5, 5.41) is 0. The number of benzene rings is 2. The highest BCUT2D eigenvalue weighted by Gasteiger charge is 2.61. The monoisotopic (exact) mass is 536 g/mol. The maximum atomic E-state index is 12.1. The molecule has 0 amide bonds. The molecule has 2 heteroatoms. The van der Waals surface area contributed by atoms with Crippen molar-refractivity contribution in [2.24, 2.45) is 40.4 Å². The average Bonchev–Trinajstić information content (AvgIpc) is 3.32. The predicted molar refractivity (Wildman–Crippen MR) is 164 cm³/mol. The highest BCUT2D eigenvalue weighted by molar-refractivity contribution is 5.79. The van der Waals surface area contributed by atoms with Crippen molar-refractivity contribution >= 4 is 11.5 Å². The van der Waals surface area contributed by atoms with Gasteiger partial charge in [-0.2, -0.15) is 0 Å². The van der Waals surface area contributed by atoms with Crippen LogP contribution in [0, 0.1) is 40.4 Å². The SMILES string of the molecule is CC(=O)O[C@H]1CCCC2=CC[C@@H]3[C@H]4CC[C@@H]([C@H](C)CC=C(c5ccccc5)c5ccccc5)[C@]4(C)CC[C@H]3[C@]21C. The van der Waals surface area contributed by atoms with Crippen LogP contribution in [0.2, 0.25) is 0 Å². The van der Waals surface area contributed by atoms with E-state index in [0.717, 1.165) is 37.0 Å². The summed E-state index contributed by atoms with van der Waals surface area (Å²) in [6.45, 7) is 9.22. The second-order valence-corrected chi connectivity index (χ2v) is 13.9. The summed E-state index contributed by atoms with van der Waals surface area (Å²) in [6, 6.07) is 21.8. The second kappa shape index (κ2) is 11.0. The topological polar surface area (TPSA) is 26.3 Å². The van der Waals surface area contributed by atoms with E-state index in [1.54, 1.807) is 12.5 Å². The van der Waals surface area contributed by atoms with E-state index < -0.39 is 0 Å². The molecule has 0 spiro atoms. The third kappa shape index (κ3) is 4.70. The van der Waals surface area contributed by atoms with Crippen molar-refractivity contribution < 1.29 is 9.53 Å². The van der Waals surface area contributed by atoms with E-state index in [1.807, 2.05) is 0 Å². The quantitative estimate of drug-likeness (QED) is 0.271. The van der Waals surface area contributed by atoms with Crippen LogP contribution in [0.4, 0.5) is 0 Å². The zero-order valence-electron chi connectivity index (χ0n) is 25.1. The molecule has 0 unspecified atom stereocenters. The molecule has 212 valence electrons. The third-order valence-electron chi connectivity index (χ3n) is 12.0. The molecule has 2 nitrogen and oxygen atoms in total. The normalized spacial score (nSPS) is 35.4. The lowest BCUT2D eigenvalue weighted by molar-refractivity contribution is -0.162. The Morgan fingerprint density at radius 3 is 2.27 bits per heavy atom. The van der Waals surface area contributed by atoms with Gasteiger partial charge in [-0.25, -0.2) is 0 Å². The van der Waals surface area contributed by atoms with Crippen molar-refractivity contribution in [3.63, 3.8) is 0 Å². The molecular weight excluding hydrogens is 488 g/mol. The van der Waals surface area contributed by atoms with Crippen LogP contribution in [-0.2, 0) is 9.53 Å². The number of allylic oxidation sites excluding steroid dienone is 2. The summed E-state index contributed by atoms with van der Waals surface area (Å²) in [6.07, 6.45) is 16.2. The van der Waals surface area contributed by atoms with Crippen LogP contribution in [-0.4, -0.2) is 12.1 Å². The number of carbonyl (C=O) groups excluding carboxylic acids is 1. The molecule has 3 fully saturated rings. The zero-order valence-corrected chi connectivity index (χ0v) is 25.1. The number of carbonyl (C=O) groups is 1. The smallest absolute Gasteiger partial charge is 0.302 e. The van der Waals surface area contributed by atoms with Gasteiger partial charge in [-0.15, -0.1) is 0 Å². The summed E-state index contributed by atoms with van der Waals surface area (Å²) < 4.78 is 6.05. The van der Waals surface area contributed by atoms with E-state index >= 15 is 0 Å². The number of ether oxygens (including phenoxy) is 1. The van der Waals surface area contributed by atoms with Crippen LogP contribution < -0.4 is 0 Å². The lowest BCUT2D eigenvalue weighted by Gasteiger charge is -2.59. The predicted octanol–water partition coefficient (Wildman–Crippen LogP) is 9.66. The van der Waals surface area contributed by atoms with Gasteiger partial charge in [0, 0.05) is 12.3 Å². The van der Waals surface area contributed by atoms with E-state index in [1.165, 1.54) is 55.2 Å². The molecule has 0 aromatic heterocycles. The van der Waals surface area contributed by atoms with Crippen LogP contribution in [0.1, 0.15) is 96.6 Å². The summed E-state index contributed by atoms with van der Waals surface area (Å²) in [4.78, 5) is 12.1. The van der Waals surface area contributed by atoms with E-state index in [4.69, 9.17) is 4.74 Å². The van der Waals surface area contributed by atoms with Crippen LogP contribution in [0.5, 0.6) is 0 Å². The number of hydrogen-bond acceptors (Lipinski definition) is 2. The Labute approximate surface area is 242 Å². The van der Waals surface area contributed by atoms with Crippen LogP contribution in [0.15, 0.2) is 78.4 Å². The minimum atomic E-state index is -0.108. The van der Waals surface area contributed by atoms with Gasteiger partial charge in [-0.1, -0.05) is 99.2 Å². The first kappa shape index (κ1) is 27.6. The Morgan fingerprint density at radius 2 is 1.62 bits per heavy atom. The fourth-order valence-corrected chi connectivity index (χ4v) is 10.2. The molecule has 0 saturated heterocycles. The molecule has 2 aromatic rings. The molecule has 6 rings (SSSR count). The van der Waals surface area contributed by atoms with Crippen molar-refractivity contribution in [1.82, 2.24) is 0 Å². The Kier molecular flexibility index (Phi) is 7.57. The van der Waals surface area contributed by atoms with Gasteiger partial charge >= 0.3 is 5.97 Å². The van der Waals surface area contributed by atoms with E-state index in [0.29, 0.717) is 17.3 Å². The number of hydrogen-bond donors (Lipinski definition) is 0. The molecular formula is C38H48O2. The first-order chi connectivity index (χ1) is 19.3. The van der Waals surface area contributed by atoms with E-state index in [9.17, 15) is 4.79 Å². The lowest BCUT2D eigenvalue weighted by atomic mass is 9.46. The molecule has 0 radical (unpaired) electrons. The van der Waals surface area contributed by atoms with Crippen molar-refractivity contribution in [3.8, 4) is 0 Å². The van der Waals surface area contributed by atoms with Gasteiger partial charge in [-0.05, 0) is 109 Å². The number of fused-ring (bicyclic) bond motifs is 5. The minimum absolute atomic E-state index is 0.0286. The van der Waals surface area contributed by atoms with Crippen molar-refractivity contribution in [2.45, 2.75) is 91.6 Å². The summed E-state index contributed by atoms with van der Waals surface area (Å²) in [7, 11) is 0. The van der Waals surface area contributed by atoms with Crippen LogP contribution in [0.25, 0.3) is 5.57 Å². The van der Waals surface area contributed by atoms with Crippen LogP contribution >= 0.6 is 0 Å². The standard InChI is InChI=1S/C38H48O2/c1-26(18-20-31(28-12-7-5-8-13-28)29-14-9-6-10-15-29)33-22-23-34-32-21-19-30-16-11-17-36(40-27(2)39)38(30,4)35(32)24-25-37(33,34)3/h5-10,12-15,19-20,26,32-36H,11,16-18,21-25H2,1-4H3/t26-,32-,33+,34-,35-,36+,37+,38+/m1/s1. The minimum Gasteiger partial charge on any atom is -0.462 e. The van der Waals surface area contributed by atoms with Crippen LogP contribution in [0.3, 0.4) is 0 Å². The van der Waals surface area contributed by atoms with E-state index in [-0.39, 0.29) is 17.5 Å². The molecule has 0 heterocycles. The Bertz CT molecular complexity index is 1220. The van der Waals surface area contributed by atoms with Gasteiger partial charge in [0.25, 0.3) is 0 Å². The maximum Gasteiger partial charge on any atom is 0.302 e. The summed E-state index contributed by atoms with van der Waals surface area (Å²) in [5.74, 6) is 3.45. The fourth-order valence-electron chi connectivity index (χ4n) is 10.2. The van der Waals surface area contributed by atoms with Gasteiger partial charge in [0.1, 0.15) is 6.10 Å². The van der Waals surface area contributed by atoms with Gasteiger partial charge < -0.3 is 4.74 Å². The highest BCUT2D eigenvalue weighted by atomic mass is 16.5. The summed E-state index contributed by atoms with van der Waals surface area (Å²) in [5.41, 5.74) is 6.01. The van der Waals surface area contributed by atoms with Crippen molar-refractivity contribution in [1.29, 1.82) is 0 Å². The number of rotatable bonds is 6. The Morgan fingerprint density at radius 1 is 0.950 bits per heavy atom. The van der Waals surface area contributed by atoms with Crippen molar-refractivity contribution in [3.05, 3.63) is 89.5 Å². The Hall–Kier alpha value is -2.61. The van der Waals surface area contributed by atoms with Gasteiger partial charge in [0.15, 0.2) is 0 Å². The molecule has 8 atom stereocenters. The second-order valence-electron chi connectivity index (χ2n) is 13.9. The highest BCUT2D eigenvalue weighted by Crippen LogP contribution is 2.67. The van der Waals surface area contributed by atoms with Gasteiger partial charge in [-0.3, -0.25) is 4.79 Å².